The molecular weight excluding hydrogens is 554 g/mol. The average Bonchev–Trinajstić information content (AvgIpc) is 2.97. The number of nitro benzene ring substituents is 1. The highest BCUT2D eigenvalue weighted by molar-refractivity contribution is 6.10. The fourth-order valence-electron chi connectivity index (χ4n) is 5.67. The molecule has 1 aliphatic carbocycles. The van der Waals surface area contributed by atoms with E-state index in [1.807, 2.05) is 55.1 Å². The average molecular weight is 588 g/mol. The number of benzene rings is 3. The van der Waals surface area contributed by atoms with Gasteiger partial charge in [-0.3, -0.25) is 30.5 Å². The first kappa shape index (κ1) is 30.6. The van der Waals surface area contributed by atoms with Gasteiger partial charge in [0.25, 0.3) is 11.7 Å². The molecule has 0 fully saturated rings. The van der Waals surface area contributed by atoms with Crippen molar-refractivity contribution >= 4 is 23.1 Å². The maximum absolute atomic E-state index is 12.2. The Morgan fingerprint density at radius 1 is 0.884 bits per heavy atom. The quantitative estimate of drug-likeness (QED) is 0.118. The Bertz CT molecular complexity index is 1600. The number of fused-ring (bicyclic) bond motifs is 4. The molecule has 224 valence electrons. The number of nitro groups is 2. The highest BCUT2D eigenvalue weighted by Gasteiger charge is 2.60. The molecule has 2 bridgehead atoms. The molecule has 1 heterocycles. The largest absolute Gasteiger partial charge is 0.612 e. The van der Waals surface area contributed by atoms with E-state index in [0.717, 1.165) is 17.8 Å². The van der Waals surface area contributed by atoms with E-state index in [9.17, 15) is 30.6 Å². The van der Waals surface area contributed by atoms with Crippen LogP contribution in [0.4, 0.5) is 5.69 Å². The molecule has 1 aliphatic heterocycles. The van der Waals surface area contributed by atoms with Crippen LogP contribution < -0.4 is 5.73 Å². The Kier molecular flexibility index (Phi) is 9.03. The van der Waals surface area contributed by atoms with E-state index >= 15 is 0 Å². The zero-order valence-corrected chi connectivity index (χ0v) is 24.2. The van der Waals surface area contributed by atoms with Gasteiger partial charge in [0.2, 0.25) is 17.6 Å². The number of nitrogens with two attached hydrogens (primary N) is 1. The molecular formula is C30H33N7O6. The van der Waals surface area contributed by atoms with Crippen LogP contribution in [0, 0.1) is 30.6 Å². The normalized spacial score (nSPS) is 20.0. The summed E-state index contributed by atoms with van der Waals surface area (Å²) in [6.45, 7) is 0. The van der Waals surface area contributed by atoms with Crippen molar-refractivity contribution in [2.45, 2.75) is 30.3 Å². The molecule has 13 heteroatoms. The first-order valence-electron chi connectivity index (χ1n) is 13.5. The molecule has 3 aromatic carbocycles. The van der Waals surface area contributed by atoms with Gasteiger partial charge in [-0.15, -0.1) is 0 Å². The standard InChI is InChI=1S/C20H18N5O6.C10H14N2/c1-22(2)20-14(11-7-4-3-5-8-11)16-12-9-6-10-13(23(26)27)15(12)18(24(28)29)17(21-20)19(16)25(30)31;1-12(2)10(11)8-9-6-4-3-5-7-9/h3-10,14,16-17,19H,1-2H3;3-7,11H,8H2,1-2H3/q-1;/p+1. The van der Waals surface area contributed by atoms with Crippen molar-refractivity contribution in [1.29, 1.82) is 0 Å². The fourth-order valence-corrected chi connectivity index (χ4v) is 5.67. The summed E-state index contributed by atoms with van der Waals surface area (Å²) in [5, 5.41) is 47.9. The van der Waals surface area contributed by atoms with E-state index in [4.69, 9.17) is 5.73 Å². The van der Waals surface area contributed by atoms with Gasteiger partial charge in [-0.1, -0.05) is 72.8 Å². The number of hydrogen-bond acceptors (Lipinski definition) is 8. The minimum Gasteiger partial charge on any atom is -0.612 e. The lowest BCUT2D eigenvalue weighted by molar-refractivity contribution is -0.530. The molecule has 5 rings (SSSR count). The van der Waals surface area contributed by atoms with E-state index < -0.39 is 50.1 Å². The van der Waals surface area contributed by atoms with E-state index in [-0.39, 0.29) is 11.1 Å². The summed E-state index contributed by atoms with van der Waals surface area (Å²) in [7, 11) is 7.35. The molecule has 0 radical (unpaired) electrons. The van der Waals surface area contributed by atoms with Crippen molar-refractivity contribution < 1.29 is 19.3 Å². The Labute approximate surface area is 248 Å². The maximum Gasteiger partial charge on any atom is 0.283 e. The van der Waals surface area contributed by atoms with Crippen molar-refractivity contribution in [2.24, 2.45) is 10.7 Å². The summed E-state index contributed by atoms with van der Waals surface area (Å²) < 4.78 is 1.94. The van der Waals surface area contributed by atoms with Crippen molar-refractivity contribution in [3.05, 3.63) is 132 Å². The van der Waals surface area contributed by atoms with E-state index in [1.54, 1.807) is 31.1 Å². The fraction of sp³-hybridized carbons (Fsp3) is 0.300. The van der Waals surface area contributed by atoms with Crippen LogP contribution in [0.25, 0.3) is 0 Å². The first-order valence-corrected chi connectivity index (χ1v) is 13.5. The predicted octanol–water partition coefficient (Wildman–Crippen LogP) is 3.12. The van der Waals surface area contributed by atoms with E-state index in [1.165, 1.54) is 23.8 Å². The number of aliphatic imine (C=N–C) groups is 1. The van der Waals surface area contributed by atoms with Crippen molar-refractivity contribution in [3.63, 3.8) is 0 Å². The number of nitrogens with zero attached hydrogens (tertiary/aromatic N) is 6. The molecule has 0 saturated heterocycles. The summed E-state index contributed by atoms with van der Waals surface area (Å²) in [6, 6.07) is 20.5. The van der Waals surface area contributed by atoms with Gasteiger partial charge in [-0.25, -0.2) is 4.99 Å². The summed E-state index contributed by atoms with van der Waals surface area (Å²) in [5.41, 5.74) is 6.79. The van der Waals surface area contributed by atoms with Crippen LogP contribution in [-0.2, 0) is 6.42 Å². The number of rotatable bonds is 5. The van der Waals surface area contributed by atoms with Gasteiger partial charge in [0.05, 0.1) is 37.3 Å². The molecule has 4 unspecified atom stereocenters. The highest BCUT2D eigenvalue weighted by atomic mass is 16.8. The van der Waals surface area contributed by atoms with Gasteiger partial charge in [0.1, 0.15) is 11.4 Å². The predicted molar refractivity (Wildman–Crippen MR) is 163 cm³/mol. The molecule has 2 aliphatic rings. The van der Waals surface area contributed by atoms with Crippen LogP contribution in [0.1, 0.15) is 34.1 Å². The second kappa shape index (κ2) is 12.7. The molecule has 0 aromatic heterocycles. The second-order valence-electron chi connectivity index (χ2n) is 10.7. The Morgan fingerprint density at radius 2 is 1.49 bits per heavy atom. The van der Waals surface area contributed by atoms with Crippen LogP contribution in [-0.4, -0.2) is 81.9 Å². The van der Waals surface area contributed by atoms with Gasteiger partial charge in [-0.2, -0.15) is 4.90 Å². The highest BCUT2D eigenvalue weighted by Crippen LogP contribution is 2.49. The topological polar surface area (TPSA) is 180 Å². The van der Waals surface area contributed by atoms with Gasteiger partial charge >= 0.3 is 0 Å². The van der Waals surface area contributed by atoms with Crippen LogP contribution in [0.3, 0.4) is 0 Å². The molecule has 0 saturated carbocycles. The second-order valence-corrected chi connectivity index (χ2v) is 10.7. The summed E-state index contributed by atoms with van der Waals surface area (Å²) >= 11 is 0. The summed E-state index contributed by atoms with van der Waals surface area (Å²) in [6.07, 6.45) is 0.827. The first-order chi connectivity index (χ1) is 20.4. The van der Waals surface area contributed by atoms with E-state index in [2.05, 4.69) is 17.1 Å². The molecule has 13 nitrogen and oxygen atoms in total. The van der Waals surface area contributed by atoms with Crippen molar-refractivity contribution in [3.8, 4) is 0 Å². The van der Waals surface area contributed by atoms with Crippen molar-refractivity contribution in [2.75, 3.05) is 28.2 Å². The maximum atomic E-state index is 12.2. The lowest BCUT2D eigenvalue weighted by Crippen LogP contribution is -2.56. The van der Waals surface area contributed by atoms with E-state index in [0.29, 0.717) is 5.84 Å². The third-order valence-electron chi connectivity index (χ3n) is 7.63. The van der Waals surface area contributed by atoms with Gasteiger partial charge in [-0.05, 0) is 16.7 Å². The van der Waals surface area contributed by atoms with Gasteiger partial charge < -0.3 is 15.3 Å². The van der Waals surface area contributed by atoms with Crippen LogP contribution in [0.2, 0.25) is 0 Å². The molecule has 0 spiro atoms. The third kappa shape index (κ3) is 6.15. The number of hydrogen-bond donors (Lipinski definition) is 1. The van der Waals surface area contributed by atoms with Crippen LogP contribution in [0.5, 0.6) is 0 Å². The molecule has 43 heavy (non-hydrogen) atoms. The zero-order chi connectivity index (χ0) is 31.4. The Balaban J connectivity index is 0.000000296. The lowest BCUT2D eigenvalue weighted by atomic mass is 9.65. The Hall–Kier alpha value is -5.33. The number of amidine groups is 2. The van der Waals surface area contributed by atoms with Crippen molar-refractivity contribution in [1.82, 2.24) is 4.90 Å². The lowest BCUT2D eigenvalue weighted by Gasteiger charge is -2.42. The molecule has 2 N–H and O–H groups in total. The SMILES string of the molecule is CN(C)C1=NC2C(=[N+]([O-])[O-])c3c(cccc3[N+](=O)[O-])C(C1c1ccccc1)C2[N+](=O)[O-].C[N+](C)=C(N)Cc1ccccc1. The van der Waals surface area contributed by atoms with Crippen LogP contribution >= 0.6 is 0 Å². The minimum atomic E-state index is -1.44. The van der Waals surface area contributed by atoms with Crippen LogP contribution in [0.15, 0.2) is 83.9 Å². The zero-order valence-electron chi connectivity index (χ0n) is 24.2. The summed E-state index contributed by atoms with van der Waals surface area (Å²) in [4.78, 5) is 28.0. The van der Waals surface area contributed by atoms with Gasteiger partial charge in [0, 0.05) is 25.1 Å². The molecule has 3 aromatic rings. The third-order valence-corrected chi connectivity index (χ3v) is 7.63. The summed E-state index contributed by atoms with van der Waals surface area (Å²) in [5.74, 6) is -0.121. The van der Waals surface area contributed by atoms with Gasteiger partial charge in [0.15, 0.2) is 0 Å². The smallest absolute Gasteiger partial charge is 0.283 e. The molecule has 0 amide bonds. The minimum absolute atomic E-state index is 0.173. The Morgan fingerprint density at radius 3 is 2.00 bits per heavy atom. The molecule has 4 atom stereocenters. The monoisotopic (exact) mass is 587 g/mol. The number of likely N-dealkylation sites (N-methyl/N-ethyl adjacent to an activating group) is 1.